The minimum atomic E-state index is -0.467. The first kappa shape index (κ1) is 35.8. The van der Waals surface area contributed by atoms with Crippen LogP contribution in [0.5, 0.6) is 11.5 Å². The third-order valence-electron chi connectivity index (χ3n) is 10.3. The van der Waals surface area contributed by atoms with Gasteiger partial charge in [-0.1, -0.05) is 17.7 Å². The molecule has 3 saturated heterocycles. The number of aromatic nitrogens is 2. The topological polar surface area (TPSA) is 72.3 Å². The monoisotopic (exact) mass is 693 g/mol. The molecule has 268 valence electrons. The summed E-state index contributed by atoms with van der Waals surface area (Å²) < 4.78 is 20.5. The summed E-state index contributed by atoms with van der Waals surface area (Å²) in [7, 11) is 0. The van der Waals surface area contributed by atoms with E-state index in [4.69, 9.17) is 30.8 Å². The van der Waals surface area contributed by atoms with Crippen LogP contribution in [0.1, 0.15) is 84.4 Å². The predicted molar refractivity (Wildman–Crippen MR) is 196 cm³/mol. The van der Waals surface area contributed by atoms with Gasteiger partial charge < -0.3 is 28.6 Å². The molecule has 9 nitrogen and oxygen atoms in total. The molecule has 49 heavy (non-hydrogen) atoms. The number of fused-ring (bicyclic) bond motifs is 1. The summed E-state index contributed by atoms with van der Waals surface area (Å²) in [6.07, 6.45) is 10.3. The number of para-hydroxylation sites is 1. The van der Waals surface area contributed by atoms with Gasteiger partial charge in [-0.3, -0.25) is 4.90 Å². The van der Waals surface area contributed by atoms with Crippen LogP contribution in [-0.4, -0.2) is 94.4 Å². The second-order valence-corrected chi connectivity index (χ2v) is 15.6. The number of carbonyl (C=O) groups is 1. The molecule has 1 amide bonds. The maximum Gasteiger partial charge on any atom is 0.410 e. The number of ether oxygens (including phenoxy) is 3. The van der Waals surface area contributed by atoms with Crippen LogP contribution in [0.3, 0.4) is 0 Å². The van der Waals surface area contributed by atoms with Crippen molar-refractivity contribution in [1.82, 2.24) is 24.3 Å². The zero-order chi connectivity index (χ0) is 34.2. The Morgan fingerprint density at radius 2 is 1.67 bits per heavy atom. The molecule has 3 aliphatic rings. The van der Waals surface area contributed by atoms with Crippen LogP contribution >= 0.6 is 11.6 Å². The average Bonchev–Trinajstić information content (AvgIpc) is 3.84. The van der Waals surface area contributed by atoms with Gasteiger partial charge in [-0.05, 0) is 141 Å². The van der Waals surface area contributed by atoms with Crippen molar-refractivity contribution in [2.45, 2.75) is 103 Å². The number of rotatable bonds is 14. The number of aryl methyl sites for hydroxylation is 1. The molecule has 6 rings (SSSR count). The number of hydrogen-bond acceptors (Lipinski definition) is 7. The van der Waals surface area contributed by atoms with Gasteiger partial charge in [-0.15, -0.1) is 0 Å². The molecule has 0 aliphatic carbocycles. The number of nitrogens with zero attached hydrogens (tertiary/aromatic N) is 5. The molecule has 0 spiro atoms. The van der Waals surface area contributed by atoms with E-state index in [2.05, 4.69) is 26.5 Å². The fourth-order valence-electron chi connectivity index (χ4n) is 7.70. The molecule has 0 radical (unpaired) electrons. The van der Waals surface area contributed by atoms with Crippen LogP contribution in [0.4, 0.5) is 4.79 Å². The van der Waals surface area contributed by atoms with Crippen molar-refractivity contribution in [3.8, 4) is 11.5 Å². The number of imidazole rings is 1. The average molecular weight is 694 g/mol. The number of carbonyl (C=O) groups excluding carboxylic acids is 1. The van der Waals surface area contributed by atoms with Crippen LogP contribution in [-0.2, 0) is 17.9 Å². The van der Waals surface area contributed by atoms with E-state index in [1.807, 2.05) is 56.0 Å². The van der Waals surface area contributed by atoms with Gasteiger partial charge in [0.15, 0.2) is 0 Å². The molecule has 10 heteroatoms. The van der Waals surface area contributed by atoms with E-state index in [-0.39, 0.29) is 6.09 Å². The van der Waals surface area contributed by atoms with E-state index in [1.54, 1.807) is 0 Å². The lowest BCUT2D eigenvalue weighted by Crippen LogP contribution is -2.41. The number of halogens is 1. The Balaban J connectivity index is 1.06. The van der Waals surface area contributed by atoms with Gasteiger partial charge in [0.2, 0.25) is 0 Å². The summed E-state index contributed by atoms with van der Waals surface area (Å²) in [4.78, 5) is 24.8. The highest BCUT2D eigenvalue weighted by molar-refractivity contribution is 6.30. The molecule has 3 aliphatic heterocycles. The zero-order valence-corrected chi connectivity index (χ0v) is 30.6. The molecular weight excluding hydrogens is 638 g/mol. The quantitative estimate of drug-likeness (QED) is 0.158. The molecule has 1 atom stereocenters. The Hall–Kier alpha value is -3.01. The van der Waals surface area contributed by atoms with Gasteiger partial charge >= 0.3 is 6.09 Å². The second-order valence-electron chi connectivity index (χ2n) is 15.1. The van der Waals surface area contributed by atoms with Crippen molar-refractivity contribution in [2.75, 3.05) is 52.4 Å². The van der Waals surface area contributed by atoms with E-state index in [0.29, 0.717) is 30.2 Å². The van der Waals surface area contributed by atoms with E-state index >= 15 is 0 Å². The number of piperidine rings is 1. The van der Waals surface area contributed by atoms with Gasteiger partial charge in [0.1, 0.15) is 35.0 Å². The summed E-state index contributed by atoms with van der Waals surface area (Å²) in [5.74, 6) is 3.09. The highest BCUT2D eigenvalue weighted by atomic mass is 35.5. The first-order valence-corrected chi connectivity index (χ1v) is 19.0. The highest BCUT2D eigenvalue weighted by Gasteiger charge is 2.28. The van der Waals surface area contributed by atoms with Crippen molar-refractivity contribution in [1.29, 1.82) is 0 Å². The minimum Gasteiger partial charge on any atom is -0.491 e. The Morgan fingerprint density at radius 3 is 2.43 bits per heavy atom. The van der Waals surface area contributed by atoms with Crippen molar-refractivity contribution in [2.24, 2.45) is 5.92 Å². The molecule has 0 unspecified atom stereocenters. The third kappa shape index (κ3) is 10.0. The minimum absolute atomic E-state index is 0.197. The number of amides is 1. The molecule has 4 heterocycles. The smallest absolute Gasteiger partial charge is 0.410 e. The van der Waals surface area contributed by atoms with E-state index in [1.165, 1.54) is 51.9 Å². The lowest BCUT2D eigenvalue weighted by Gasteiger charge is -2.33. The van der Waals surface area contributed by atoms with E-state index < -0.39 is 5.60 Å². The molecule has 0 saturated carbocycles. The van der Waals surface area contributed by atoms with Crippen LogP contribution in [0.15, 0.2) is 42.5 Å². The summed E-state index contributed by atoms with van der Waals surface area (Å²) in [5, 5.41) is 0.685. The van der Waals surface area contributed by atoms with Gasteiger partial charge in [-0.25, -0.2) is 9.78 Å². The standard InChI is InChI=1S/C39H56ClN5O4/c1-39(2,3)49-38(46)44-25-18-30(19-26-44)10-7-24-45-34-12-6-13-35(37(34)41-36(45)29-48-33-16-14-31(40)15-17-33)47-27-9-23-43-22-8-11-32(43)28-42-20-4-5-21-42/h6,12-17,30,32H,4-5,7-11,18-29H2,1-3H3/t32-/m1/s1. The maximum absolute atomic E-state index is 12.5. The Labute approximate surface area is 297 Å². The Bertz CT molecular complexity index is 1490. The van der Waals surface area contributed by atoms with Gasteiger partial charge in [0.05, 0.1) is 12.1 Å². The molecule has 2 aromatic carbocycles. The Kier molecular flexibility index (Phi) is 12.3. The fourth-order valence-corrected chi connectivity index (χ4v) is 7.83. The van der Waals surface area contributed by atoms with Gasteiger partial charge in [0, 0.05) is 43.8 Å². The maximum atomic E-state index is 12.5. The molecular formula is C39H56ClN5O4. The summed E-state index contributed by atoms with van der Waals surface area (Å²) >= 11 is 6.11. The van der Waals surface area contributed by atoms with Crippen LogP contribution in [0.2, 0.25) is 5.02 Å². The second kappa shape index (κ2) is 16.8. The van der Waals surface area contributed by atoms with Crippen LogP contribution in [0.25, 0.3) is 11.0 Å². The largest absolute Gasteiger partial charge is 0.491 e. The number of benzene rings is 2. The third-order valence-corrected chi connectivity index (χ3v) is 10.5. The first-order chi connectivity index (χ1) is 23.7. The van der Waals surface area contributed by atoms with Crippen molar-refractivity contribution >= 4 is 28.7 Å². The fraction of sp³-hybridized carbons (Fsp3) is 0.641. The van der Waals surface area contributed by atoms with Crippen LogP contribution in [0, 0.1) is 5.92 Å². The molecule has 1 aromatic heterocycles. The predicted octanol–water partition coefficient (Wildman–Crippen LogP) is 8.03. The lowest BCUT2D eigenvalue weighted by atomic mass is 9.92. The number of likely N-dealkylation sites (tertiary alicyclic amines) is 3. The summed E-state index contributed by atoms with van der Waals surface area (Å²) in [6, 6.07) is 14.4. The van der Waals surface area contributed by atoms with E-state index in [0.717, 1.165) is 86.6 Å². The first-order valence-electron chi connectivity index (χ1n) is 18.7. The molecule has 0 N–H and O–H groups in total. The van der Waals surface area contributed by atoms with Crippen LogP contribution < -0.4 is 9.47 Å². The molecule has 0 bridgehead atoms. The Morgan fingerprint density at radius 1 is 0.898 bits per heavy atom. The summed E-state index contributed by atoms with van der Waals surface area (Å²) in [6.45, 7) is 15.2. The van der Waals surface area contributed by atoms with Crippen molar-refractivity contribution < 1.29 is 19.0 Å². The van der Waals surface area contributed by atoms with Crippen molar-refractivity contribution in [3.63, 3.8) is 0 Å². The van der Waals surface area contributed by atoms with Crippen molar-refractivity contribution in [3.05, 3.63) is 53.3 Å². The van der Waals surface area contributed by atoms with Gasteiger partial charge in [-0.2, -0.15) is 0 Å². The SMILES string of the molecule is CC(C)(C)OC(=O)N1CCC(CCCn2c(COc3ccc(Cl)cc3)nc3c(OCCCN4CCC[C@@H]4CN4CCCC4)cccc32)CC1. The highest BCUT2D eigenvalue weighted by Crippen LogP contribution is 2.30. The lowest BCUT2D eigenvalue weighted by molar-refractivity contribution is 0.0180. The van der Waals surface area contributed by atoms with E-state index in [9.17, 15) is 4.79 Å². The zero-order valence-electron chi connectivity index (χ0n) is 29.9. The molecule has 3 aromatic rings. The summed E-state index contributed by atoms with van der Waals surface area (Å²) in [5.41, 5.74) is 1.51. The number of hydrogen-bond donors (Lipinski definition) is 0. The normalized spacial score (nSPS) is 19.6. The molecule has 3 fully saturated rings. The van der Waals surface area contributed by atoms with Gasteiger partial charge in [0.25, 0.3) is 0 Å².